The van der Waals surface area contributed by atoms with E-state index in [9.17, 15) is 0 Å². The fraction of sp³-hybridized carbons (Fsp3) is 0.364. The number of benzene rings is 1. The smallest absolute Gasteiger partial charge is 0.231 e. The molecule has 4 heteroatoms. The van der Waals surface area contributed by atoms with Crippen LogP contribution in [0.2, 0.25) is 0 Å². The van der Waals surface area contributed by atoms with Crippen LogP contribution in [-0.2, 0) is 0 Å². The van der Waals surface area contributed by atoms with Crippen molar-refractivity contribution in [3.05, 3.63) is 18.0 Å². The van der Waals surface area contributed by atoms with Crippen molar-refractivity contribution in [3.8, 4) is 11.5 Å². The molecule has 1 saturated carbocycles. The number of aromatic nitrogens is 2. The highest BCUT2D eigenvalue weighted by atomic mass is 16.7. The maximum Gasteiger partial charge on any atom is 0.231 e. The molecule has 2 heterocycles. The number of nitrogens with zero attached hydrogens (tertiary/aromatic N) is 1. The average Bonchev–Trinajstić information content (AvgIpc) is 2.85. The summed E-state index contributed by atoms with van der Waals surface area (Å²) in [4.78, 5) is 7.90. The lowest BCUT2D eigenvalue weighted by Gasteiger charge is -1.93. The number of ether oxygens (including phenoxy) is 2. The molecule has 1 aliphatic heterocycles. The molecule has 0 saturated heterocycles. The van der Waals surface area contributed by atoms with Crippen molar-refractivity contribution in [2.75, 3.05) is 6.79 Å². The van der Waals surface area contributed by atoms with Crippen molar-refractivity contribution >= 4 is 11.0 Å². The number of imidazole rings is 1. The zero-order valence-corrected chi connectivity index (χ0v) is 8.12. The third kappa shape index (κ3) is 1.04. The number of fused-ring (bicyclic) bond motifs is 2. The number of hydrogen-bond acceptors (Lipinski definition) is 3. The molecule has 1 aromatic heterocycles. The molecule has 0 unspecified atom stereocenters. The van der Waals surface area contributed by atoms with Crippen LogP contribution in [0.3, 0.4) is 0 Å². The number of nitrogens with one attached hydrogen (secondary N) is 1. The van der Waals surface area contributed by atoms with E-state index in [1.54, 1.807) is 0 Å². The van der Waals surface area contributed by atoms with Crippen molar-refractivity contribution in [2.45, 2.75) is 18.8 Å². The van der Waals surface area contributed by atoms with Crippen molar-refractivity contribution in [3.63, 3.8) is 0 Å². The third-order valence-corrected chi connectivity index (χ3v) is 2.96. The van der Waals surface area contributed by atoms with Gasteiger partial charge in [-0.1, -0.05) is 0 Å². The van der Waals surface area contributed by atoms with Gasteiger partial charge in [-0.05, 0) is 12.8 Å². The van der Waals surface area contributed by atoms with Crippen LogP contribution in [0.1, 0.15) is 24.6 Å². The van der Waals surface area contributed by atoms with Crippen molar-refractivity contribution in [1.29, 1.82) is 0 Å². The number of H-pyrrole nitrogens is 1. The Kier molecular flexibility index (Phi) is 1.24. The van der Waals surface area contributed by atoms with Gasteiger partial charge in [-0.15, -0.1) is 0 Å². The van der Waals surface area contributed by atoms with Gasteiger partial charge in [0.15, 0.2) is 11.5 Å². The number of aromatic amines is 1. The fourth-order valence-electron chi connectivity index (χ4n) is 1.97. The highest BCUT2D eigenvalue weighted by Gasteiger charge is 2.27. The first-order chi connectivity index (χ1) is 7.40. The Hall–Kier alpha value is -1.71. The summed E-state index contributed by atoms with van der Waals surface area (Å²) in [5.41, 5.74) is 2.02. The second-order valence-electron chi connectivity index (χ2n) is 4.12. The lowest BCUT2D eigenvalue weighted by molar-refractivity contribution is 0.174. The van der Waals surface area contributed by atoms with E-state index in [0.717, 1.165) is 28.4 Å². The molecular formula is C11H10N2O2. The summed E-state index contributed by atoms with van der Waals surface area (Å²) in [7, 11) is 0. The van der Waals surface area contributed by atoms with Gasteiger partial charge in [-0.25, -0.2) is 4.98 Å². The predicted octanol–water partition coefficient (Wildman–Crippen LogP) is 2.17. The first-order valence-corrected chi connectivity index (χ1v) is 5.19. The highest BCUT2D eigenvalue weighted by Crippen LogP contribution is 2.41. The van der Waals surface area contributed by atoms with E-state index in [-0.39, 0.29) is 0 Å². The molecule has 0 radical (unpaired) electrons. The van der Waals surface area contributed by atoms with Gasteiger partial charge >= 0.3 is 0 Å². The maximum absolute atomic E-state index is 5.32. The van der Waals surface area contributed by atoms with Gasteiger partial charge in [-0.2, -0.15) is 0 Å². The van der Waals surface area contributed by atoms with Crippen molar-refractivity contribution < 1.29 is 9.47 Å². The van der Waals surface area contributed by atoms with Crippen LogP contribution in [0.15, 0.2) is 12.1 Å². The van der Waals surface area contributed by atoms with E-state index in [1.165, 1.54) is 12.8 Å². The van der Waals surface area contributed by atoms with Crippen molar-refractivity contribution in [1.82, 2.24) is 9.97 Å². The van der Waals surface area contributed by atoms with Crippen LogP contribution < -0.4 is 9.47 Å². The van der Waals surface area contributed by atoms with Gasteiger partial charge in [0.2, 0.25) is 6.79 Å². The molecule has 0 bridgehead atoms. The molecule has 76 valence electrons. The topological polar surface area (TPSA) is 47.1 Å². The number of hydrogen-bond donors (Lipinski definition) is 1. The van der Waals surface area contributed by atoms with Gasteiger partial charge in [0.1, 0.15) is 5.82 Å². The van der Waals surface area contributed by atoms with Crippen LogP contribution in [0.5, 0.6) is 11.5 Å². The van der Waals surface area contributed by atoms with E-state index in [2.05, 4.69) is 9.97 Å². The molecule has 1 aromatic carbocycles. The van der Waals surface area contributed by atoms with Gasteiger partial charge in [0.25, 0.3) is 0 Å². The fourth-order valence-corrected chi connectivity index (χ4v) is 1.97. The van der Waals surface area contributed by atoms with Crippen molar-refractivity contribution in [2.24, 2.45) is 0 Å². The van der Waals surface area contributed by atoms with Crippen LogP contribution in [0.25, 0.3) is 11.0 Å². The predicted molar refractivity (Wildman–Crippen MR) is 54.2 cm³/mol. The zero-order valence-electron chi connectivity index (χ0n) is 8.12. The lowest BCUT2D eigenvalue weighted by atomic mass is 10.3. The molecule has 2 aromatic rings. The van der Waals surface area contributed by atoms with E-state index in [1.807, 2.05) is 12.1 Å². The van der Waals surface area contributed by atoms with E-state index >= 15 is 0 Å². The molecule has 2 aliphatic rings. The van der Waals surface area contributed by atoms with Gasteiger partial charge in [0.05, 0.1) is 11.0 Å². The zero-order chi connectivity index (χ0) is 9.83. The molecular weight excluding hydrogens is 192 g/mol. The van der Waals surface area contributed by atoms with E-state index in [4.69, 9.17) is 9.47 Å². The van der Waals surface area contributed by atoms with Crippen LogP contribution >= 0.6 is 0 Å². The largest absolute Gasteiger partial charge is 0.454 e. The maximum atomic E-state index is 5.32. The van der Waals surface area contributed by atoms with Gasteiger partial charge < -0.3 is 14.5 Å². The minimum atomic E-state index is 0.317. The van der Waals surface area contributed by atoms with Crippen LogP contribution in [0, 0.1) is 0 Å². The lowest BCUT2D eigenvalue weighted by Crippen LogP contribution is -1.92. The second kappa shape index (κ2) is 2.45. The van der Waals surface area contributed by atoms with Gasteiger partial charge in [-0.3, -0.25) is 0 Å². The molecule has 1 fully saturated rings. The normalized spacial score (nSPS) is 18.7. The van der Waals surface area contributed by atoms with Crippen LogP contribution in [0.4, 0.5) is 0 Å². The Labute approximate surface area is 86.2 Å². The van der Waals surface area contributed by atoms with Crippen LogP contribution in [-0.4, -0.2) is 16.8 Å². The molecule has 1 aliphatic carbocycles. The molecule has 4 nitrogen and oxygen atoms in total. The Morgan fingerprint density at radius 1 is 1.20 bits per heavy atom. The second-order valence-corrected chi connectivity index (χ2v) is 4.12. The molecule has 0 spiro atoms. The minimum absolute atomic E-state index is 0.317. The summed E-state index contributed by atoms with van der Waals surface area (Å²) in [6, 6.07) is 3.91. The molecule has 15 heavy (non-hydrogen) atoms. The first-order valence-electron chi connectivity index (χ1n) is 5.19. The Morgan fingerprint density at radius 3 is 2.80 bits per heavy atom. The number of rotatable bonds is 1. The third-order valence-electron chi connectivity index (χ3n) is 2.96. The molecule has 0 amide bonds. The standard InChI is InChI=1S/C11H10N2O2/c1-2-6(1)11-12-7-3-9-10(15-5-14-9)4-8(7)13-11/h3-4,6H,1-2,5H2,(H,12,13). The summed E-state index contributed by atoms with van der Waals surface area (Å²) in [6.45, 7) is 0.317. The summed E-state index contributed by atoms with van der Waals surface area (Å²) in [6.07, 6.45) is 2.51. The molecule has 1 N–H and O–H groups in total. The first kappa shape index (κ1) is 7.56. The summed E-state index contributed by atoms with van der Waals surface area (Å²) in [5, 5.41) is 0. The Morgan fingerprint density at radius 2 is 2.00 bits per heavy atom. The van der Waals surface area contributed by atoms with E-state index < -0.39 is 0 Å². The van der Waals surface area contributed by atoms with Gasteiger partial charge in [0, 0.05) is 18.1 Å². The monoisotopic (exact) mass is 202 g/mol. The highest BCUT2D eigenvalue weighted by molar-refractivity contribution is 5.80. The summed E-state index contributed by atoms with van der Waals surface area (Å²) < 4.78 is 10.6. The summed E-state index contributed by atoms with van der Waals surface area (Å²) >= 11 is 0. The molecule has 0 atom stereocenters. The quantitative estimate of drug-likeness (QED) is 0.770. The minimum Gasteiger partial charge on any atom is -0.454 e. The van der Waals surface area contributed by atoms with E-state index in [0.29, 0.717) is 12.7 Å². The summed E-state index contributed by atoms with van der Waals surface area (Å²) in [5.74, 6) is 3.37. The molecule has 4 rings (SSSR count). The SMILES string of the molecule is c1c2c(cc3[nH]c(C4CC4)nc13)OCO2. The average molecular weight is 202 g/mol. The Balaban J connectivity index is 1.94. The Bertz CT molecular complexity index is 502.